The van der Waals surface area contributed by atoms with E-state index in [4.69, 9.17) is 0 Å². The number of benzene rings is 1. The SMILES string of the molecule is C=C(NNS(=O)(=O)c1ccc(Br)cc1)c1ccncc1. The molecule has 0 unspecified atom stereocenters. The molecule has 1 heterocycles. The number of pyridine rings is 1. The number of halogens is 1. The molecule has 0 saturated carbocycles. The summed E-state index contributed by atoms with van der Waals surface area (Å²) in [5.74, 6) is 0. The lowest BCUT2D eigenvalue weighted by molar-refractivity contribution is 0.576. The Bertz CT molecular complexity index is 700. The predicted molar refractivity (Wildman–Crippen MR) is 80.9 cm³/mol. The number of sulfonamides is 1. The highest BCUT2D eigenvalue weighted by atomic mass is 79.9. The fourth-order valence-electron chi connectivity index (χ4n) is 1.43. The minimum absolute atomic E-state index is 0.163. The first-order valence-electron chi connectivity index (χ1n) is 5.62. The average molecular weight is 354 g/mol. The molecule has 7 heteroatoms. The van der Waals surface area contributed by atoms with Crippen LogP contribution in [0.2, 0.25) is 0 Å². The number of rotatable bonds is 5. The molecule has 0 aliphatic carbocycles. The Kier molecular flexibility index (Phi) is 4.53. The Morgan fingerprint density at radius 3 is 2.30 bits per heavy atom. The number of hydrogen-bond donors (Lipinski definition) is 2. The van der Waals surface area contributed by atoms with Crippen molar-refractivity contribution in [2.75, 3.05) is 0 Å². The van der Waals surface area contributed by atoms with Crippen LogP contribution in [-0.2, 0) is 10.0 Å². The van der Waals surface area contributed by atoms with Gasteiger partial charge in [-0.25, -0.2) is 8.42 Å². The zero-order chi connectivity index (χ0) is 14.6. The van der Waals surface area contributed by atoms with E-state index in [1.807, 2.05) is 0 Å². The van der Waals surface area contributed by atoms with Crippen LogP contribution < -0.4 is 10.3 Å². The van der Waals surface area contributed by atoms with Crippen LogP contribution in [0.3, 0.4) is 0 Å². The minimum Gasteiger partial charge on any atom is -0.308 e. The molecule has 20 heavy (non-hydrogen) atoms. The van der Waals surface area contributed by atoms with Gasteiger partial charge < -0.3 is 5.43 Å². The van der Waals surface area contributed by atoms with Crippen LogP contribution in [-0.4, -0.2) is 13.4 Å². The quantitative estimate of drug-likeness (QED) is 0.809. The van der Waals surface area contributed by atoms with Crippen LogP contribution in [0.1, 0.15) is 5.56 Å². The molecule has 104 valence electrons. The highest BCUT2D eigenvalue weighted by Gasteiger charge is 2.13. The third-order valence-electron chi connectivity index (χ3n) is 2.49. The van der Waals surface area contributed by atoms with Crippen LogP contribution in [0.15, 0.2) is 64.7 Å². The van der Waals surface area contributed by atoms with E-state index in [1.54, 1.807) is 36.7 Å². The summed E-state index contributed by atoms with van der Waals surface area (Å²) in [6, 6.07) is 9.78. The summed E-state index contributed by atoms with van der Waals surface area (Å²) in [6.07, 6.45) is 3.21. The first-order valence-corrected chi connectivity index (χ1v) is 7.89. The van der Waals surface area contributed by atoms with Gasteiger partial charge in [-0.2, -0.15) is 0 Å². The molecule has 0 fully saturated rings. The van der Waals surface area contributed by atoms with Crippen molar-refractivity contribution in [1.29, 1.82) is 0 Å². The van der Waals surface area contributed by atoms with Gasteiger partial charge in [-0.15, -0.1) is 4.83 Å². The molecule has 0 aliphatic rings. The van der Waals surface area contributed by atoms with E-state index in [2.05, 4.69) is 37.7 Å². The van der Waals surface area contributed by atoms with Crippen molar-refractivity contribution in [2.45, 2.75) is 4.90 Å². The molecule has 0 aliphatic heterocycles. The third kappa shape index (κ3) is 3.66. The van der Waals surface area contributed by atoms with Gasteiger partial charge in [-0.1, -0.05) is 22.5 Å². The molecule has 2 N–H and O–H groups in total. The molecular formula is C13H12BrN3O2S. The molecule has 0 spiro atoms. The summed E-state index contributed by atoms with van der Waals surface area (Å²) < 4.78 is 24.9. The fraction of sp³-hybridized carbons (Fsp3) is 0. The van der Waals surface area contributed by atoms with Crippen molar-refractivity contribution < 1.29 is 8.42 Å². The maximum Gasteiger partial charge on any atom is 0.257 e. The van der Waals surface area contributed by atoms with Crippen LogP contribution in [0.4, 0.5) is 0 Å². The first-order chi connectivity index (χ1) is 9.49. The van der Waals surface area contributed by atoms with E-state index >= 15 is 0 Å². The lowest BCUT2D eigenvalue weighted by atomic mass is 10.2. The summed E-state index contributed by atoms with van der Waals surface area (Å²) in [6.45, 7) is 3.76. The highest BCUT2D eigenvalue weighted by molar-refractivity contribution is 9.10. The summed E-state index contributed by atoms with van der Waals surface area (Å²) >= 11 is 3.25. The lowest BCUT2D eigenvalue weighted by Gasteiger charge is -2.11. The van der Waals surface area contributed by atoms with E-state index in [0.29, 0.717) is 5.70 Å². The van der Waals surface area contributed by atoms with Gasteiger partial charge in [0, 0.05) is 28.1 Å². The van der Waals surface area contributed by atoms with Gasteiger partial charge in [0.05, 0.1) is 4.90 Å². The van der Waals surface area contributed by atoms with Gasteiger partial charge >= 0.3 is 0 Å². The largest absolute Gasteiger partial charge is 0.308 e. The summed E-state index contributed by atoms with van der Waals surface area (Å²) in [5, 5.41) is 0. The standard InChI is InChI=1S/C13H12BrN3O2S/c1-10(11-6-8-15-9-7-11)16-17-20(18,19)13-4-2-12(14)3-5-13/h2-9,16-17H,1H2. The molecule has 5 nitrogen and oxygen atoms in total. The van der Waals surface area contributed by atoms with Crippen LogP contribution in [0.5, 0.6) is 0 Å². The second kappa shape index (κ2) is 6.17. The molecule has 1 aromatic heterocycles. The molecule has 0 bridgehead atoms. The van der Waals surface area contributed by atoms with Gasteiger partial charge in [-0.3, -0.25) is 4.98 Å². The zero-order valence-electron chi connectivity index (χ0n) is 10.4. The first kappa shape index (κ1) is 14.7. The second-order valence-corrected chi connectivity index (χ2v) is 6.50. The van der Waals surface area contributed by atoms with Crippen molar-refractivity contribution in [3.8, 4) is 0 Å². The van der Waals surface area contributed by atoms with Crippen molar-refractivity contribution in [2.24, 2.45) is 0 Å². The second-order valence-electron chi connectivity index (χ2n) is 3.90. The van der Waals surface area contributed by atoms with Gasteiger partial charge in [-0.05, 0) is 36.4 Å². The monoisotopic (exact) mass is 353 g/mol. The van der Waals surface area contributed by atoms with E-state index in [-0.39, 0.29) is 4.90 Å². The molecule has 2 aromatic rings. The average Bonchev–Trinajstić information content (AvgIpc) is 2.46. The smallest absolute Gasteiger partial charge is 0.257 e. The van der Waals surface area contributed by atoms with Crippen molar-refractivity contribution >= 4 is 31.7 Å². The normalized spacial score (nSPS) is 11.1. The van der Waals surface area contributed by atoms with E-state index in [1.165, 1.54) is 12.1 Å². The lowest BCUT2D eigenvalue weighted by Crippen LogP contribution is -2.35. The number of aromatic nitrogens is 1. The molecule has 0 atom stereocenters. The highest BCUT2D eigenvalue weighted by Crippen LogP contribution is 2.14. The van der Waals surface area contributed by atoms with Crippen LogP contribution in [0, 0.1) is 0 Å². The van der Waals surface area contributed by atoms with E-state index < -0.39 is 10.0 Å². The minimum atomic E-state index is -3.64. The number of hydrazine groups is 1. The van der Waals surface area contributed by atoms with Gasteiger partial charge in [0.1, 0.15) is 0 Å². The maximum atomic E-state index is 12.0. The molecule has 0 amide bonds. The molecule has 2 rings (SSSR count). The van der Waals surface area contributed by atoms with Crippen LogP contribution >= 0.6 is 15.9 Å². The summed E-state index contributed by atoms with van der Waals surface area (Å²) in [7, 11) is -3.64. The fourth-order valence-corrected chi connectivity index (χ4v) is 2.56. The summed E-state index contributed by atoms with van der Waals surface area (Å²) in [4.78, 5) is 6.32. The predicted octanol–water partition coefficient (Wildman–Crippen LogP) is 2.30. The number of hydrogen-bond acceptors (Lipinski definition) is 4. The number of nitrogens with one attached hydrogen (secondary N) is 2. The Morgan fingerprint density at radius 2 is 1.70 bits per heavy atom. The molecule has 0 saturated heterocycles. The Morgan fingerprint density at radius 1 is 1.10 bits per heavy atom. The molecular weight excluding hydrogens is 342 g/mol. The van der Waals surface area contributed by atoms with Crippen LogP contribution in [0.25, 0.3) is 5.70 Å². The molecule has 0 radical (unpaired) electrons. The van der Waals surface area contributed by atoms with Crippen molar-refractivity contribution in [3.05, 3.63) is 65.4 Å². The zero-order valence-corrected chi connectivity index (χ0v) is 12.8. The Labute approximate surface area is 125 Å². The van der Waals surface area contributed by atoms with Crippen molar-refractivity contribution in [1.82, 2.24) is 15.2 Å². The van der Waals surface area contributed by atoms with Gasteiger partial charge in [0.15, 0.2) is 0 Å². The Hall–Kier alpha value is -1.70. The van der Waals surface area contributed by atoms with E-state index in [9.17, 15) is 8.42 Å². The van der Waals surface area contributed by atoms with Gasteiger partial charge in [0.25, 0.3) is 10.0 Å². The van der Waals surface area contributed by atoms with Gasteiger partial charge in [0.2, 0.25) is 0 Å². The molecule has 1 aromatic carbocycles. The third-order valence-corrected chi connectivity index (χ3v) is 4.28. The van der Waals surface area contributed by atoms with E-state index in [0.717, 1.165) is 10.0 Å². The number of nitrogens with zero attached hydrogens (tertiary/aromatic N) is 1. The topological polar surface area (TPSA) is 71.1 Å². The van der Waals surface area contributed by atoms with Crippen molar-refractivity contribution in [3.63, 3.8) is 0 Å². The maximum absolute atomic E-state index is 12.0. The summed E-state index contributed by atoms with van der Waals surface area (Å²) in [5.41, 5.74) is 3.77. The Balaban J connectivity index is 2.06.